The first-order valence-corrected chi connectivity index (χ1v) is 6.63. The molecule has 0 spiro atoms. The van der Waals surface area contributed by atoms with Crippen LogP contribution in [0.4, 0.5) is 4.39 Å². The summed E-state index contributed by atoms with van der Waals surface area (Å²) < 4.78 is 14.8. The minimum atomic E-state index is -0.201. The lowest BCUT2D eigenvalue weighted by atomic mass is 10.1. The Morgan fingerprint density at radius 2 is 2.12 bits per heavy atom. The number of thiophene rings is 1. The highest BCUT2D eigenvalue weighted by atomic mass is 32.2. The van der Waals surface area contributed by atoms with Crippen LogP contribution in [-0.4, -0.2) is 0 Å². The molecule has 0 radical (unpaired) electrons. The number of hydrogen-bond acceptors (Lipinski definition) is 3. The van der Waals surface area contributed by atoms with Gasteiger partial charge in [-0.3, -0.25) is 0 Å². The lowest BCUT2D eigenvalue weighted by Crippen LogP contribution is -2.07. The molecule has 1 aromatic carbocycles. The predicted octanol–water partition coefficient (Wildman–Crippen LogP) is 4.06. The first kappa shape index (κ1) is 11.6. The summed E-state index contributed by atoms with van der Waals surface area (Å²) in [5.41, 5.74) is 6.70. The van der Waals surface area contributed by atoms with Crippen molar-refractivity contribution in [2.75, 3.05) is 0 Å². The molecule has 0 saturated carbocycles. The summed E-state index contributed by atoms with van der Waals surface area (Å²) >= 11 is 3.04. The molecule has 2 N–H and O–H groups in total. The van der Waals surface area contributed by atoms with Crippen LogP contribution in [-0.2, 0) is 0 Å². The second-order valence-corrected chi connectivity index (χ2v) is 5.74. The minimum Gasteiger partial charge on any atom is -0.324 e. The average molecular weight is 253 g/mol. The van der Waals surface area contributed by atoms with E-state index in [2.05, 4.69) is 0 Å². The van der Waals surface area contributed by atoms with Crippen LogP contribution in [0.2, 0.25) is 0 Å². The SMILES string of the molecule is C[C@@H](N)c1cccc(F)c1Sc1cccs1. The van der Waals surface area contributed by atoms with Crippen molar-refractivity contribution in [2.45, 2.75) is 22.1 Å². The van der Waals surface area contributed by atoms with Crippen LogP contribution in [0.15, 0.2) is 44.8 Å². The Kier molecular flexibility index (Phi) is 3.63. The molecule has 0 amide bonds. The molecule has 2 rings (SSSR count). The molecule has 1 atom stereocenters. The fourth-order valence-electron chi connectivity index (χ4n) is 1.41. The number of nitrogens with two attached hydrogens (primary N) is 1. The molecule has 1 heterocycles. The van der Waals surface area contributed by atoms with Crippen molar-refractivity contribution in [1.82, 2.24) is 0 Å². The van der Waals surface area contributed by atoms with E-state index in [1.165, 1.54) is 17.8 Å². The van der Waals surface area contributed by atoms with Gasteiger partial charge in [-0.05, 0) is 30.0 Å². The molecule has 2 aromatic rings. The monoisotopic (exact) mass is 253 g/mol. The molecule has 0 saturated heterocycles. The molecule has 1 nitrogen and oxygen atoms in total. The van der Waals surface area contributed by atoms with E-state index in [1.807, 2.05) is 30.5 Å². The molecule has 0 unspecified atom stereocenters. The van der Waals surface area contributed by atoms with E-state index in [-0.39, 0.29) is 11.9 Å². The summed E-state index contributed by atoms with van der Waals surface area (Å²) in [5.74, 6) is -0.201. The summed E-state index contributed by atoms with van der Waals surface area (Å²) in [6, 6.07) is 8.84. The Hall–Kier alpha value is -0.840. The van der Waals surface area contributed by atoms with Gasteiger partial charge in [0.1, 0.15) is 5.82 Å². The predicted molar refractivity (Wildman–Crippen MR) is 67.4 cm³/mol. The Morgan fingerprint density at radius 1 is 1.31 bits per heavy atom. The van der Waals surface area contributed by atoms with Gasteiger partial charge in [-0.15, -0.1) is 11.3 Å². The maximum atomic E-state index is 13.7. The Labute approximate surface area is 102 Å². The van der Waals surface area contributed by atoms with Gasteiger partial charge >= 0.3 is 0 Å². The third-order valence-corrected chi connectivity index (χ3v) is 4.36. The van der Waals surface area contributed by atoms with Crippen molar-refractivity contribution in [3.63, 3.8) is 0 Å². The molecule has 1 aromatic heterocycles. The van der Waals surface area contributed by atoms with Crippen LogP contribution in [0.5, 0.6) is 0 Å². The number of benzene rings is 1. The van der Waals surface area contributed by atoms with Crippen LogP contribution < -0.4 is 5.73 Å². The molecule has 0 aliphatic heterocycles. The molecule has 84 valence electrons. The van der Waals surface area contributed by atoms with Gasteiger partial charge in [-0.2, -0.15) is 0 Å². The Balaban J connectivity index is 2.38. The second kappa shape index (κ2) is 4.99. The average Bonchev–Trinajstić information content (AvgIpc) is 2.73. The van der Waals surface area contributed by atoms with E-state index < -0.39 is 0 Å². The van der Waals surface area contributed by atoms with Gasteiger partial charge < -0.3 is 5.73 Å². The summed E-state index contributed by atoms with van der Waals surface area (Å²) in [7, 11) is 0. The zero-order chi connectivity index (χ0) is 11.5. The van der Waals surface area contributed by atoms with Gasteiger partial charge in [0, 0.05) is 6.04 Å². The van der Waals surface area contributed by atoms with Gasteiger partial charge in [0.15, 0.2) is 0 Å². The molecule has 0 fully saturated rings. The molecule has 4 heteroatoms. The summed E-state index contributed by atoms with van der Waals surface area (Å²) in [5, 5.41) is 1.98. The highest BCUT2D eigenvalue weighted by molar-refractivity contribution is 8.01. The van der Waals surface area contributed by atoms with Gasteiger partial charge in [-0.1, -0.05) is 30.0 Å². The van der Waals surface area contributed by atoms with E-state index in [9.17, 15) is 4.39 Å². The third kappa shape index (κ3) is 2.45. The van der Waals surface area contributed by atoms with Crippen molar-refractivity contribution >= 4 is 23.1 Å². The number of rotatable bonds is 3. The fourth-order valence-corrected chi connectivity index (χ4v) is 3.36. The quantitative estimate of drug-likeness (QED) is 0.892. The highest BCUT2D eigenvalue weighted by Gasteiger charge is 2.13. The van der Waals surface area contributed by atoms with Crippen LogP contribution in [0.25, 0.3) is 0 Å². The summed E-state index contributed by atoms with van der Waals surface area (Å²) in [6.07, 6.45) is 0. The van der Waals surface area contributed by atoms with Gasteiger partial charge in [0.05, 0.1) is 9.10 Å². The topological polar surface area (TPSA) is 26.0 Å². The Bertz CT molecular complexity index is 466. The smallest absolute Gasteiger partial charge is 0.137 e. The van der Waals surface area contributed by atoms with E-state index in [0.29, 0.717) is 4.90 Å². The lowest BCUT2D eigenvalue weighted by molar-refractivity contribution is 0.591. The van der Waals surface area contributed by atoms with Crippen LogP contribution in [0, 0.1) is 5.82 Å². The van der Waals surface area contributed by atoms with Crippen LogP contribution in [0.3, 0.4) is 0 Å². The molecular formula is C12H12FNS2. The minimum absolute atomic E-state index is 0.154. The standard InChI is InChI=1S/C12H12FNS2/c1-8(14)9-4-2-5-10(13)12(9)16-11-6-3-7-15-11/h2-8H,14H2,1H3/t8-/m1/s1. The number of halogens is 1. The van der Waals surface area contributed by atoms with E-state index in [0.717, 1.165) is 9.77 Å². The van der Waals surface area contributed by atoms with Crippen LogP contribution in [0.1, 0.15) is 18.5 Å². The maximum absolute atomic E-state index is 13.7. The first-order chi connectivity index (χ1) is 7.68. The van der Waals surface area contributed by atoms with Crippen molar-refractivity contribution in [3.8, 4) is 0 Å². The Morgan fingerprint density at radius 3 is 2.75 bits per heavy atom. The molecule has 0 aliphatic carbocycles. The van der Waals surface area contributed by atoms with Gasteiger partial charge in [0.25, 0.3) is 0 Å². The van der Waals surface area contributed by atoms with Gasteiger partial charge in [0.2, 0.25) is 0 Å². The van der Waals surface area contributed by atoms with Crippen molar-refractivity contribution in [2.24, 2.45) is 5.73 Å². The summed E-state index contributed by atoms with van der Waals surface area (Å²) in [6.45, 7) is 1.87. The largest absolute Gasteiger partial charge is 0.324 e. The lowest BCUT2D eigenvalue weighted by Gasteiger charge is -2.12. The van der Waals surface area contributed by atoms with E-state index in [4.69, 9.17) is 5.73 Å². The van der Waals surface area contributed by atoms with Crippen LogP contribution >= 0.6 is 23.1 Å². The second-order valence-electron chi connectivity index (χ2n) is 3.48. The van der Waals surface area contributed by atoms with E-state index >= 15 is 0 Å². The third-order valence-electron chi connectivity index (χ3n) is 2.19. The normalized spacial score (nSPS) is 12.7. The highest BCUT2D eigenvalue weighted by Crippen LogP contribution is 2.36. The molecule has 0 bridgehead atoms. The molecular weight excluding hydrogens is 241 g/mol. The van der Waals surface area contributed by atoms with E-state index in [1.54, 1.807) is 17.4 Å². The van der Waals surface area contributed by atoms with Crippen molar-refractivity contribution in [3.05, 3.63) is 47.1 Å². The molecule has 16 heavy (non-hydrogen) atoms. The number of hydrogen-bond donors (Lipinski definition) is 1. The fraction of sp³-hybridized carbons (Fsp3) is 0.167. The first-order valence-electron chi connectivity index (χ1n) is 4.94. The maximum Gasteiger partial charge on any atom is 0.137 e. The zero-order valence-corrected chi connectivity index (χ0v) is 10.4. The molecule has 0 aliphatic rings. The van der Waals surface area contributed by atoms with Crippen molar-refractivity contribution < 1.29 is 4.39 Å². The van der Waals surface area contributed by atoms with Crippen molar-refractivity contribution in [1.29, 1.82) is 0 Å². The summed E-state index contributed by atoms with van der Waals surface area (Å²) in [4.78, 5) is 0.639. The zero-order valence-electron chi connectivity index (χ0n) is 8.81. The van der Waals surface area contributed by atoms with Gasteiger partial charge in [-0.25, -0.2) is 4.39 Å².